The van der Waals surface area contributed by atoms with E-state index < -0.39 is 115 Å². The maximum atomic E-state index is 16.0. The fourth-order valence-corrected chi connectivity index (χ4v) is 9.83. The van der Waals surface area contributed by atoms with Crippen LogP contribution < -0.4 is 26.3 Å². The number of piperazine rings is 1. The number of benzene rings is 2. The number of hydrogen-bond donors (Lipinski definition) is 6. The number of nitrogens with zero attached hydrogens (tertiary/aromatic N) is 6. The average Bonchev–Trinajstić information content (AvgIpc) is 4.16. The number of hydrogen-bond acceptors (Lipinski definition) is 12. The SMILES string of the molecule is COC(=O)NC(C(=O)NC(Cc1ccc(C#Cc2cnc(N3CC4CCC(C3)N4C3COC3)cc2C)cc1)C(O)CN(Cc1c(F)cc(-c2cnn(C(F)F)c2)cc1F)NC(=O)C(NC(=O)O)C(C)(C)C(F)(F)F)C(C)(C)C(F)(F)F. The summed E-state index contributed by atoms with van der Waals surface area (Å²) >= 11 is 0. The van der Waals surface area contributed by atoms with Gasteiger partial charge >= 0.3 is 31.1 Å². The van der Waals surface area contributed by atoms with Crippen molar-refractivity contribution in [2.24, 2.45) is 10.8 Å². The number of carbonyl (C=O) groups excluding carboxylic acids is 3. The van der Waals surface area contributed by atoms with E-state index in [9.17, 15) is 64.5 Å². The number of pyridine rings is 1. The van der Waals surface area contributed by atoms with Gasteiger partial charge in [0.05, 0.1) is 55.5 Å². The molecule has 0 spiro atoms. The number of aliphatic hydroxyl groups excluding tert-OH is 1. The van der Waals surface area contributed by atoms with Gasteiger partial charge in [0.1, 0.15) is 29.5 Å². The second-order valence-corrected chi connectivity index (χ2v) is 21.3. The van der Waals surface area contributed by atoms with Crippen LogP contribution in [0.5, 0.6) is 0 Å². The molecule has 6 N–H and O–H groups in total. The number of aromatic nitrogens is 3. The lowest BCUT2D eigenvalue weighted by Gasteiger charge is -2.48. The van der Waals surface area contributed by atoms with Crippen LogP contribution in [0.15, 0.2) is 61.1 Å². The van der Waals surface area contributed by atoms with Gasteiger partial charge in [-0.2, -0.15) is 40.2 Å². The summed E-state index contributed by atoms with van der Waals surface area (Å²) in [6, 6.07) is 3.65. The molecule has 0 saturated carbocycles. The molecule has 3 saturated heterocycles. The summed E-state index contributed by atoms with van der Waals surface area (Å²) in [5.41, 5.74) is -3.56. The topological polar surface area (TPSA) is 216 Å². The summed E-state index contributed by atoms with van der Waals surface area (Å²) in [6.45, 7) is 1.70. The maximum absolute atomic E-state index is 16.0. The number of halogens is 10. The number of amides is 4. The number of nitrogens with one attached hydrogen (secondary N) is 4. The second-order valence-electron chi connectivity index (χ2n) is 21.3. The van der Waals surface area contributed by atoms with E-state index in [0.29, 0.717) is 74.1 Å². The van der Waals surface area contributed by atoms with Crippen molar-refractivity contribution in [3.05, 3.63) is 101 Å². The number of anilines is 1. The highest BCUT2D eigenvalue weighted by molar-refractivity contribution is 5.87. The van der Waals surface area contributed by atoms with E-state index in [0.717, 1.165) is 70.0 Å². The predicted molar refractivity (Wildman–Crippen MR) is 270 cm³/mol. The van der Waals surface area contributed by atoms with Crippen LogP contribution in [0.4, 0.5) is 59.3 Å². The molecule has 7 rings (SSSR count). The number of aryl methyl sites for hydroxylation is 1. The van der Waals surface area contributed by atoms with Crippen molar-refractivity contribution in [3.8, 4) is 23.0 Å². The van der Waals surface area contributed by atoms with Gasteiger partial charge in [-0.05, 0) is 101 Å². The Morgan fingerprint density at radius 2 is 1.42 bits per heavy atom. The van der Waals surface area contributed by atoms with Crippen molar-refractivity contribution in [1.29, 1.82) is 0 Å². The van der Waals surface area contributed by atoms with Crippen molar-refractivity contribution in [2.45, 2.75) is 122 Å². The molecule has 6 atom stereocenters. The van der Waals surface area contributed by atoms with Crippen LogP contribution >= 0.6 is 0 Å². The zero-order chi connectivity index (χ0) is 59.5. The Morgan fingerprint density at radius 1 is 0.827 bits per heavy atom. The van der Waals surface area contributed by atoms with Crippen LogP contribution in [-0.4, -0.2) is 154 Å². The highest BCUT2D eigenvalue weighted by Crippen LogP contribution is 2.42. The van der Waals surface area contributed by atoms with Crippen molar-refractivity contribution in [1.82, 2.24) is 46.0 Å². The van der Waals surface area contributed by atoms with Gasteiger partial charge in [0, 0.05) is 72.9 Å². The van der Waals surface area contributed by atoms with Crippen LogP contribution in [0.3, 0.4) is 0 Å². The van der Waals surface area contributed by atoms with E-state index in [4.69, 9.17) is 9.72 Å². The maximum Gasteiger partial charge on any atom is 0.407 e. The molecule has 440 valence electrons. The molecule has 4 aromatic rings. The van der Waals surface area contributed by atoms with E-state index >= 15 is 8.78 Å². The summed E-state index contributed by atoms with van der Waals surface area (Å²) in [4.78, 5) is 61.7. The van der Waals surface area contributed by atoms with E-state index in [1.165, 1.54) is 17.4 Å². The number of carboxylic acid groups (broad SMARTS) is 1. The molecule has 0 radical (unpaired) electrons. The van der Waals surface area contributed by atoms with E-state index in [2.05, 4.69) is 36.8 Å². The van der Waals surface area contributed by atoms with E-state index in [1.54, 1.807) is 18.3 Å². The van der Waals surface area contributed by atoms with Crippen LogP contribution in [0.2, 0.25) is 0 Å². The number of methoxy groups -OCH3 is 1. The number of alkyl halides is 8. The normalized spacial score (nSPS) is 18.5. The first-order chi connectivity index (χ1) is 37.9. The Hall–Kier alpha value is -7.22. The predicted octanol–water partition coefficient (Wildman–Crippen LogP) is 6.84. The van der Waals surface area contributed by atoms with Gasteiger partial charge in [0.15, 0.2) is 0 Å². The first-order valence-corrected chi connectivity index (χ1v) is 25.4. The Kier molecular flexibility index (Phi) is 18.6. The fraction of sp³-hybridized carbons (Fsp3) is 0.509. The molecule has 3 aliphatic heterocycles. The summed E-state index contributed by atoms with van der Waals surface area (Å²) in [6.07, 6.45) is -11.2. The fourth-order valence-electron chi connectivity index (χ4n) is 9.83. The lowest BCUT2D eigenvalue weighted by Crippen LogP contribution is -2.63. The number of fused-ring (bicyclic) bond motifs is 2. The smallest absolute Gasteiger partial charge is 0.407 e. The highest BCUT2D eigenvalue weighted by Gasteiger charge is 2.57. The Bertz CT molecular complexity index is 2960. The third-order valence-electron chi connectivity index (χ3n) is 15.0. The molecule has 5 heterocycles. The molecule has 2 bridgehead atoms. The molecule has 4 amide bonds. The summed E-state index contributed by atoms with van der Waals surface area (Å²) in [5, 5.41) is 31.0. The minimum atomic E-state index is -5.28. The highest BCUT2D eigenvalue weighted by atomic mass is 19.4. The number of alkyl carbamates (subject to hydrolysis) is 1. The molecule has 28 heteroatoms. The first-order valence-electron chi connectivity index (χ1n) is 25.4. The number of carbonyl (C=O) groups is 4. The van der Waals surface area contributed by atoms with E-state index in [1.807, 2.05) is 23.7 Å². The third-order valence-corrected chi connectivity index (χ3v) is 15.0. The average molecular weight is 1160 g/mol. The second kappa shape index (κ2) is 24.5. The molecular formula is C53H60F10N10O8. The van der Waals surface area contributed by atoms with Gasteiger partial charge < -0.3 is 40.5 Å². The molecule has 81 heavy (non-hydrogen) atoms. The lowest BCUT2D eigenvalue weighted by molar-refractivity contribution is -0.221. The minimum Gasteiger partial charge on any atom is -0.465 e. The minimum absolute atomic E-state index is 0.186. The first kappa shape index (κ1) is 61.4. The molecule has 6 unspecified atom stereocenters. The Morgan fingerprint density at radius 3 is 1.93 bits per heavy atom. The molecule has 3 fully saturated rings. The van der Waals surface area contributed by atoms with E-state index in [-0.39, 0.29) is 21.4 Å². The largest absolute Gasteiger partial charge is 0.465 e. The van der Waals surface area contributed by atoms with Gasteiger partial charge in [-0.15, -0.1) is 0 Å². The number of aliphatic hydroxyl groups is 1. The Labute approximate surface area is 458 Å². The molecule has 2 aromatic heterocycles. The quantitative estimate of drug-likeness (QED) is 0.0323. The third kappa shape index (κ3) is 14.1. The van der Waals surface area contributed by atoms with Crippen molar-refractivity contribution < 1.29 is 82.8 Å². The molecule has 3 aliphatic rings. The molecular weight excluding hydrogens is 1090 g/mol. The van der Waals surface area contributed by atoms with Crippen LogP contribution in [-0.2, 0) is 32.0 Å². The van der Waals surface area contributed by atoms with Crippen molar-refractivity contribution in [3.63, 3.8) is 0 Å². The monoisotopic (exact) mass is 1150 g/mol. The van der Waals surface area contributed by atoms with Crippen LogP contribution in [0.1, 0.15) is 74.9 Å². The van der Waals surface area contributed by atoms with Gasteiger partial charge in [-0.25, -0.2) is 33.0 Å². The zero-order valence-corrected chi connectivity index (χ0v) is 44.6. The van der Waals surface area contributed by atoms with Crippen LogP contribution in [0.25, 0.3) is 11.1 Å². The number of hydrazine groups is 1. The lowest BCUT2D eigenvalue weighted by atomic mass is 9.82. The number of rotatable bonds is 19. The Balaban J connectivity index is 1.19. The summed E-state index contributed by atoms with van der Waals surface area (Å²) in [5.74, 6) is 0.762. The van der Waals surface area contributed by atoms with Crippen LogP contribution in [0, 0.1) is 41.2 Å². The van der Waals surface area contributed by atoms with Gasteiger partial charge in [0.2, 0.25) is 5.91 Å². The summed E-state index contributed by atoms with van der Waals surface area (Å²) < 4.78 is 156. The molecule has 2 aromatic carbocycles. The van der Waals surface area contributed by atoms with Crippen molar-refractivity contribution in [2.75, 3.05) is 44.9 Å². The zero-order valence-electron chi connectivity index (χ0n) is 44.6. The van der Waals surface area contributed by atoms with Gasteiger partial charge in [-0.3, -0.25) is 19.9 Å². The summed E-state index contributed by atoms with van der Waals surface area (Å²) in [7, 11) is 0.813. The van der Waals surface area contributed by atoms with Gasteiger partial charge in [0.25, 0.3) is 5.91 Å². The standard InChI is InChI=1S/C53H60F10N10O8/c1-28-15-42(70-22-34-13-14-35(23-70)73(34)36-26-81-27-36)64-19-31(28)12-11-29-7-9-30(10-8-29)16-40(66-45(75)43(68-49(79)80-6)50(2,3)52(58,59)60)41(74)25-71(69-46(76)44(67-48(77)78)51(4,5)53(61,62)63)24-37-38(54)17-32(18-39(37)55)33-20-65-72(21-33)47(56)57/h7-10,15,17-21,34-36,40-41,43-44,47,67,74H,13-14,16,22-27H2,1-6H3,(H,66,75)(H,68,79)(H,69,76)(H,77,78). The molecule has 0 aliphatic carbocycles. The number of ether oxygens (including phenoxy) is 2. The van der Waals surface area contributed by atoms with Crippen molar-refractivity contribution >= 4 is 29.8 Å². The molecule has 18 nitrogen and oxygen atoms in total. The van der Waals surface area contributed by atoms with Gasteiger partial charge in [-0.1, -0.05) is 24.0 Å².